The van der Waals surface area contributed by atoms with E-state index in [4.69, 9.17) is 0 Å². The highest BCUT2D eigenvalue weighted by Crippen LogP contribution is 1.88. The number of hydrogen-bond donors (Lipinski definition) is 1. The topological polar surface area (TPSA) is 50.7 Å². The van der Waals surface area contributed by atoms with Gasteiger partial charge >= 0.3 is 5.69 Å². The number of nitrogens with zero attached hydrogens (tertiary/aromatic N) is 2. The molecule has 0 aliphatic heterocycles. The van der Waals surface area contributed by atoms with Gasteiger partial charge in [-0.2, -0.15) is 5.10 Å². The van der Waals surface area contributed by atoms with Gasteiger partial charge in [-0.15, -0.1) is 0 Å². The summed E-state index contributed by atoms with van der Waals surface area (Å²) in [4.78, 5) is 10.9. The van der Waals surface area contributed by atoms with Crippen molar-refractivity contribution in [2.45, 2.75) is 26.8 Å². The van der Waals surface area contributed by atoms with E-state index in [0.29, 0.717) is 0 Å². The predicted molar refractivity (Wildman–Crippen MR) is 37.9 cm³/mol. The average Bonchev–Trinajstić information content (AvgIpc) is 2.20. The van der Waals surface area contributed by atoms with Gasteiger partial charge in [-0.1, -0.05) is 6.92 Å². The van der Waals surface area contributed by atoms with Crippen LogP contribution in [0.5, 0.6) is 0 Å². The van der Waals surface area contributed by atoms with Crippen LogP contribution in [-0.2, 0) is 6.54 Å². The van der Waals surface area contributed by atoms with Gasteiger partial charge in [-0.3, -0.25) is 4.57 Å². The summed E-state index contributed by atoms with van der Waals surface area (Å²) in [5.74, 6) is 0.756. The van der Waals surface area contributed by atoms with Crippen LogP contribution >= 0.6 is 0 Å². The predicted octanol–water partition coefficient (Wildman–Crippen LogP) is 0.290. The second-order valence-electron chi connectivity index (χ2n) is 2.23. The fourth-order valence-corrected chi connectivity index (χ4v) is 0.883. The van der Waals surface area contributed by atoms with Crippen molar-refractivity contribution in [1.29, 1.82) is 0 Å². The molecule has 4 nitrogen and oxygen atoms in total. The molecule has 1 heterocycles. The molecule has 1 N–H and O–H groups in total. The van der Waals surface area contributed by atoms with Crippen molar-refractivity contribution in [2.24, 2.45) is 0 Å². The Labute approximate surface area is 58.9 Å². The minimum absolute atomic E-state index is 0.112. The van der Waals surface area contributed by atoms with Crippen LogP contribution in [0.2, 0.25) is 0 Å². The summed E-state index contributed by atoms with van der Waals surface area (Å²) in [7, 11) is 0. The lowest BCUT2D eigenvalue weighted by atomic mass is 10.5. The maximum absolute atomic E-state index is 10.9. The third-order valence-electron chi connectivity index (χ3n) is 1.40. The third-order valence-corrected chi connectivity index (χ3v) is 1.40. The van der Waals surface area contributed by atoms with Crippen LogP contribution in [0.4, 0.5) is 0 Å². The first kappa shape index (κ1) is 7.05. The zero-order valence-corrected chi connectivity index (χ0v) is 6.22. The van der Waals surface area contributed by atoms with Crippen molar-refractivity contribution in [2.75, 3.05) is 0 Å². The van der Waals surface area contributed by atoms with E-state index in [1.54, 1.807) is 4.57 Å². The molecular weight excluding hydrogens is 130 g/mol. The Morgan fingerprint density at radius 3 is 2.80 bits per heavy atom. The van der Waals surface area contributed by atoms with E-state index in [2.05, 4.69) is 10.2 Å². The van der Waals surface area contributed by atoms with Crippen LogP contribution in [0.1, 0.15) is 19.2 Å². The maximum Gasteiger partial charge on any atom is 0.343 e. The first-order valence-corrected chi connectivity index (χ1v) is 3.37. The van der Waals surface area contributed by atoms with Gasteiger partial charge in [0.05, 0.1) is 0 Å². The highest BCUT2D eigenvalue weighted by atomic mass is 16.1. The van der Waals surface area contributed by atoms with Crippen LogP contribution in [0.25, 0.3) is 0 Å². The summed E-state index contributed by atoms with van der Waals surface area (Å²) < 4.78 is 1.62. The van der Waals surface area contributed by atoms with Gasteiger partial charge in [0.25, 0.3) is 0 Å². The molecule has 0 aromatic carbocycles. The second kappa shape index (κ2) is 2.68. The number of hydrogen-bond acceptors (Lipinski definition) is 2. The zero-order valence-electron chi connectivity index (χ0n) is 6.22. The molecule has 1 aromatic rings. The molecule has 0 saturated heterocycles. The standard InChI is InChI=1S/C6H11N3O/c1-3-4-9-5(2)7-8-6(9)10/h3-4H2,1-2H3,(H,8,10). The average molecular weight is 141 g/mol. The number of aromatic amines is 1. The summed E-state index contributed by atoms with van der Waals surface area (Å²) in [5, 5.41) is 6.14. The number of aromatic nitrogens is 3. The van der Waals surface area contributed by atoms with E-state index >= 15 is 0 Å². The number of nitrogens with one attached hydrogen (secondary N) is 1. The largest absolute Gasteiger partial charge is 0.343 e. The Morgan fingerprint density at radius 2 is 2.40 bits per heavy atom. The molecule has 0 atom stereocenters. The molecule has 0 spiro atoms. The van der Waals surface area contributed by atoms with Crippen LogP contribution < -0.4 is 5.69 Å². The SMILES string of the molecule is CCCn1c(C)n[nH]c1=O. The first-order valence-electron chi connectivity index (χ1n) is 3.37. The van der Waals surface area contributed by atoms with Gasteiger partial charge in [0.2, 0.25) is 0 Å². The lowest BCUT2D eigenvalue weighted by molar-refractivity contribution is 0.638. The van der Waals surface area contributed by atoms with Crippen molar-refractivity contribution in [3.8, 4) is 0 Å². The molecule has 1 aromatic heterocycles. The monoisotopic (exact) mass is 141 g/mol. The fourth-order valence-electron chi connectivity index (χ4n) is 0.883. The summed E-state index contributed by atoms with van der Waals surface area (Å²) in [6.07, 6.45) is 0.959. The van der Waals surface area contributed by atoms with Crippen LogP contribution in [0, 0.1) is 6.92 Å². The first-order chi connectivity index (χ1) is 4.75. The molecule has 4 heteroatoms. The minimum Gasteiger partial charge on any atom is -0.279 e. The van der Waals surface area contributed by atoms with Crippen molar-refractivity contribution in [3.05, 3.63) is 16.3 Å². The quantitative estimate of drug-likeness (QED) is 0.643. The van der Waals surface area contributed by atoms with Crippen molar-refractivity contribution in [1.82, 2.24) is 14.8 Å². The Hall–Kier alpha value is -1.06. The molecule has 0 radical (unpaired) electrons. The van der Waals surface area contributed by atoms with Crippen molar-refractivity contribution in [3.63, 3.8) is 0 Å². The van der Waals surface area contributed by atoms with Gasteiger partial charge in [0.1, 0.15) is 5.82 Å². The minimum atomic E-state index is -0.112. The van der Waals surface area contributed by atoms with Crippen molar-refractivity contribution < 1.29 is 0 Å². The summed E-state index contributed by atoms with van der Waals surface area (Å²) in [6.45, 7) is 4.59. The zero-order chi connectivity index (χ0) is 7.56. The van der Waals surface area contributed by atoms with Gasteiger partial charge in [-0.25, -0.2) is 9.89 Å². The van der Waals surface area contributed by atoms with E-state index in [1.807, 2.05) is 13.8 Å². The molecule has 1 rings (SSSR count). The van der Waals surface area contributed by atoms with Crippen LogP contribution in [-0.4, -0.2) is 14.8 Å². The van der Waals surface area contributed by atoms with Gasteiger partial charge < -0.3 is 0 Å². The van der Waals surface area contributed by atoms with E-state index in [1.165, 1.54) is 0 Å². The molecule has 0 aliphatic rings. The second-order valence-corrected chi connectivity index (χ2v) is 2.23. The molecule has 0 aliphatic carbocycles. The maximum atomic E-state index is 10.9. The smallest absolute Gasteiger partial charge is 0.279 e. The Morgan fingerprint density at radius 1 is 1.70 bits per heavy atom. The molecule has 10 heavy (non-hydrogen) atoms. The molecule has 0 amide bonds. The van der Waals surface area contributed by atoms with Crippen molar-refractivity contribution >= 4 is 0 Å². The highest BCUT2D eigenvalue weighted by Gasteiger charge is 1.99. The molecule has 0 bridgehead atoms. The Balaban J connectivity index is 2.99. The lowest BCUT2D eigenvalue weighted by Crippen LogP contribution is -2.17. The van der Waals surface area contributed by atoms with Crippen LogP contribution in [0.3, 0.4) is 0 Å². The molecular formula is C6H11N3O. The van der Waals surface area contributed by atoms with Gasteiger partial charge in [-0.05, 0) is 13.3 Å². The molecule has 56 valence electrons. The normalized spacial score (nSPS) is 10.2. The number of rotatable bonds is 2. The lowest BCUT2D eigenvalue weighted by Gasteiger charge is -1.96. The van der Waals surface area contributed by atoms with E-state index in [-0.39, 0.29) is 5.69 Å². The van der Waals surface area contributed by atoms with E-state index in [0.717, 1.165) is 18.8 Å². The van der Waals surface area contributed by atoms with E-state index in [9.17, 15) is 4.79 Å². The fraction of sp³-hybridized carbons (Fsp3) is 0.667. The van der Waals surface area contributed by atoms with Gasteiger partial charge in [0.15, 0.2) is 0 Å². The molecule has 0 saturated carbocycles. The number of H-pyrrole nitrogens is 1. The van der Waals surface area contributed by atoms with Crippen LogP contribution in [0.15, 0.2) is 4.79 Å². The van der Waals surface area contributed by atoms with Gasteiger partial charge in [0, 0.05) is 6.54 Å². The summed E-state index contributed by atoms with van der Waals surface area (Å²) in [6, 6.07) is 0. The number of aryl methyl sites for hydroxylation is 1. The summed E-state index contributed by atoms with van der Waals surface area (Å²) >= 11 is 0. The molecule has 0 fully saturated rings. The highest BCUT2D eigenvalue weighted by molar-refractivity contribution is 4.80. The van der Waals surface area contributed by atoms with E-state index < -0.39 is 0 Å². The Bertz CT molecular complexity index is 260. The Kier molecular flexibility index (Phi) is 1.89. The molecule has 0 unspecified atom stereocenters. The summed E-state index contributed by atoms with van der Waals surface area (Å²) in [5.41, 5.74) is -0.112. The third kappa shape index (κ3) is 1.10.